The van der Waals surface area contributed by atoms with Gasteiger partial charge in [-0.05, 0) is 30.5 Å². The zero-order valence-corrected chi connectivity index (χ0v) is 11.5. The standard InChI is InChI=1S/C13H10ClNO3S/c1-19-9-4-2-8(3-5-9)18-12-6-10(13(16)17)11(14)7-15-12/h2-7H,1H3,(H,16,17). The molecule has 0 saturated carbocycles. The number of nitrogens with zero attached hydrogens (tertiary/aromatic N) is 1. The maximum absolute atomic E-state index is 10.9. The van der Waals surface area contributed by atoms with Crippen molar-refractivity contribution in [3.8, 4) is 11.6 Å². The summed E-state index contributed by atoms with van der Waals surface area (Å²) in [5, 5.41) is 9.04. The fourth-order valence-electron chi connectivity index (χ4n) is 1.40. The first-order valence-corrected chi connectivity index (χ1v) is 6.91. The van der Waals surface area contributed by atoms with E-state index < -0.39 is 5.97 Å². The Morgan fingerprint density at radius 1 is 1.37 bits per heavy atom. The number of carboxylic acids is 1. The molecule has 1 aromatic heterocycles. The number of carboxylic acid groups (broad SMARTS) is 1. The second-order valence-corrected chi connectivity index (χ2v) is 4.87. The minimum absolute atomic E-state index is 0.0348. The first-order valence-electron chi connectivity index (χ1n) is 5.31. The minimum Gasteiger partial charge on any atom is -0.478 e. The van der Waals surface area contributed by atoms with Gasteiger partial charge in [-0.3, -0.25) is 0 Å². The molecular formula is C13H10ClNO3S. The lowest BCUT2D eigenvalue weighted by molar-refractivity contribution is 0.0696. The maximum Gasteiger partial charge on any atom is 0.337 e. The first kappa shape index (κ1) is 13.7. The summed E-state index contributed by atoms with van der Waals surface area (Å²) in [6, 6.07) is 8.71. The second kappa shape index (κ2) is 5.95. The third-order valence-corrected chi connectivity index (χ3v) is 3.39. The van der Waals surface area contributed by atoms with Gasteiger partial charge in [0.15, 0.2) is 0 Å². The molecule has 0 saturated heterocycles. The van der Waals surface area contributed by atoms with Crippen LogP contribution in [0.5, 0.6) is 11.6 Å². The predicted octanol–water partition coefficient (Wildman–Crippen LogP) is 3.95. The van der Waals surface area contributed by atoms with E-state index in [1.165, 1.54) is 12.3 Å². The van der Waals surface area contributed by atoms with Gasteiger partial charge in [-0.1, -0.05) is 11.6 Å². The topological polar surface area (TPSA) is 59.4 Å². The van der Waals surface area contributed by atoms with E-state index in [-0.39, 0.29) is 16.5 Å². The Bertz CT molecular complexity index is 601. The van der Waals surface area contributed by atoms with E-state index in [2.05, 4.69) is 4.98 Å². The van der Waals surface area contributed by atoms with Crippen molar-refractivity contribution in [2.75, 3.05) is 6.26 Å². The molecule has 0 atom stereocenters. The summed E-state index contributed by atoms with van der Waals surface area (Å²) < 4.78 is 5.48. The van der Waals surface area contributed by atoms with Gasteiger partial charge >= 0.3 is 5.97 Å². The lowest BCUT2D eigenvalue weighted by atomic mass is 10.2. The smallest absolute Gasteiger partial charge is 0.337 e. The zero-order chi connectivity index (χ0) is 13.8. The molecule has 0 spiro atoms. The van der Waals surface area contributed by atoms with Crippen LogP contribution in [0.15, 0.2) is 41.4 Å². The number of hydrogen-bond acceptors (Lipinski definition) is 4. The van der Waals surface area contributed by atoms with Crippen LogP contribution < -0.4 is 4.74 Å². The van der Waals surface area contributed by atoms with Gasteiger partial charge in [0.25, 0.3) is 0 Å². The van der Waals surface area contributed by atoms with Crippen molar-refractivity contribution in [3.63, 3.8) is 0 Å². The van der Waals surface area contributed by atoms with Crippen LogP contribution in [0.1, 0.15) is 10.4 Å². The van der Waals surface area contributed by atoms with Crippen LogP contribution in [0.3, 0.4) is 0 Å². The lowest BCUT2D eigenvalue weighted by Crippen LogP contribution is -1.99. The summed E-state index contributed by atoms with van der Waals surface area (Å²) in [4.78, 5) is 16.0. The Kier molecular flexibility index (Phi) is 4.29. The molecule has 0 amide bonds. The van der Waals surface area contributed by atoms with E-state index in [1.807, 2.05) is 18.4 Å². The average molecular weight is 296 g/mol. The molecule has 2 rings (SSSR count). The predicted molar refractivity (Wildman–Crippen MR) is 74.5 cm³/mol. The molecular weight excluding hydrogens is 286 g/mol. The van der Waals surface area contributed by atoms with Crippen LogP contribution in [0.4, 0.5) is 0 Å². The van der Waals surface area contributed by atoms with Gasteiger partial charge in [0.05, 0.1) is 16.8 Å². The molecule has 2 aromatic rings. The number of ether oxygens (including phenoxy) is 1. The summed E-state index contributed by atoms with van der Waals surface area (Å²) in [5.74, 6) is -0.336. The molecule has 0 aliphatic carbocycles. The number of aromatic nitrogens is 1. The van der Waals surface area contributed by atoms with Crippen LogP contribution >= 0.6 is 23.4 Å². The number of thioether (sulfide) groups is 1. The van der Waals surface area contributed by atoms with Gasteiger partial charge in [0, 0.05) is 11.0 Å². The first-order chi connectivity index (χ1) is 9.10. The monoisotopic (exact) mass is 295 g/mol. The van der Waals surface area contributed by atoms with Gasteiger partial charge in [-0.2, -0.15) is 0 Å². The summed E-state index contributed by atoms with van der Waals surface area (Å²) >= 11 is 7.36. The highest BCUT2D eigenvalue weighted by atomic mass is 35.5. The van der Waals surface area contributed by atoms with Crippen LogP contribution in [0.25, 0.3) is 0 Å². The number of halogens is 1. The largest absolute Gasteiger partial charge is 0.478 e. The number of benzene rings is 1. The molecule has 6 heteroatoms. The molecule has 0 radical (unpaired) electrons. The molecule has 0 fully saturated rings. The van der Waals surface area contributed by atoms with Crippen LogP contribution in [-0.4, -0.2) is 22.3 Å². The van der Waals surface area contributed by atoms with E-state index in [1.54, 1.807) is 23.9 Å². The number of rotatable bonds is 4. The summed E-state index contributed by atoms with van der Waals surface area (Å²) in [6.07, 6.45) is 3.24. The molecule has 0 unspecified atom stereocenters. The van der Waals surface area contributed by atoms with Crippen molar-refractivity contribution in [2.24, 2.45) is 0 Å². The van der Waals surface area contributed by atoms with Crippen molar-refractivity contribution >= 4 is 29.3 Å². The van der Waals surface area contributed by atoms with Crippen LogP contribution in [0.2, 0.25) is 5.02 Å². The van der Waals surface area contributed by atoms with Gasteiger partial charge in [-0.25, -0.2) is 9.78 Å². The van der Waals surface area contributed by atoms with Gasteiger partial charge < -0.3 is 9.84 Å². The fraction of sp³-hybridized carbons (Fsp3) is 0.0769. The molecule has 1 heterocycles. The molecule has 0 aliphatic rings. The van der Waals surface area contributed by atoms with Crippen molar-refractivity contribution in [1.29, 1.82) is 0 Å². The number of pyridine rings is 1. The van der Waals surface area contributed by atoms with E-state index in [9.17, 15) is 4.79 Å². The highest BCUT2D eigenvalue weighted by molar-refractivity contribution is 7.98. The lowest BCUT2D eigenvalue weighted by Gasteiger charge is -2.06. The normalized spacial score (nSPS) is 10.2. The van der Waals surface area contributed by atoms with E-state index in [4.69, 9.17) is 21.4 Å². The number of hydrogen-bond donors (Lipinski definition) is 1. The van der Waals surface area contributed by atoms with Crippen molar-refractivity contribution < 1.29 is 14.6 Å². The molecule has 98 valence electrons. The van der Waals surface area contributed by atoms with E-state index in [0.29, 0.717) is 5.75 Å². The van der Waals surface area contributed by atoms with E-state index >= 15 is 0 Å². The Morgan fingerprint density at radius 2 is 2.05 bits per heavy atom. The van der Waals surface area contributed by atoms with Crippen molar-refractivity contribution in [3.05, 3.63) is 47.1 Å². The van der Waals surface area contributed by atoms with Gasteiger partial charge in [-0.15, -0.1) is 11.8 Å². The molecule has 0 aliphatic heterocycles. The summed E-state index contributed by atoms with van der Waals surface area (Å²) in [6.45, 7) is 0. The Balaban J connectivity index is 2.22. The summed E-state index contributed by atoms with van der Waals surface area (Å²) in [5.41, 5.74) is -0.0348. The molecule has 1 N–H and O–H groups in total. The SMILES string of the molecule is CSc1ccc(Oc2cc(C(=O)O)c(Cl)cn2)cc1. The number of carbonyl (C=O) groups is 1. The highest BCUT2D eigenvalue weighted by Crippen LogP contribution is 2.25. The second-order valence-electron chi connectivity index (χ2n) is 3.59. The fourth-order valence-corrected chi connectivity index (χ4v) is 2.00. The molecule has 4 nitrogen and oxygen atoms in total. The van der Waals surface area contributed by atoms with Crippen LogP contribution in [0, 0.1) is 0 Å². The Labute approximate surface area is 119 Å². The highest BCUT2D eigenvalue weighted by Gasteiger charge is 2.11. The molecule has 1 aromatic carbocycles. The minimum atomic E-state index is -1.12. The van der Waals surface area contributed by atoms with Gasteiger partial charge in [0.1, 0.15) is 5.75 Å². The average Bonchev–Trinajstić information content (AvgIpc) is 2.41. The quantitative estimate of drug-likeness (QED) is 0.866. The number of aromatic carboxylic acids is 1. The summed E-state index contributed by atoms with van der Waals surface area (Å²) in [7, 11) is 0. The van der Waals surface area contributed by atoms with Crippen molar-refractivity contribution in [1.82, 2.24) is 4.98 Å². The third kappa shape index (κ3) is 3.39. The Morgan fingerprint density at radius 3 is 2.63 bits per heavy atom. The maximum atomic E-state index is 10.9. The zero-order valence-electron chi connectivity index (χ0n) is 9.96. The Hall–Kier alpha value is -1.72. The molecule has 0 bridgehead atoms. The molecule has 19 heavy (non-hydrogen) atoms. The van der Waals surface area contributed by atoms with Gasteiger partial charge in [0.2, 0.25) is 5.88 Å². The third-order valence-electron chi connectivity index (χ3n) is 2.34. The van der Waals surface area contributed by atoms with Crippen molar-refractivity contribution in [2.45, 2.75) is 4.90 Å². The van der Waals surface area contributed by atoms with E-state index in [0.717, 1.165) is 4.90 Å². The van der Waals surface area contributed by atoms with Crippen LogP contribution in [-0.2, 0) is 0 Å².